The Balaban J connectivity index is 1.91. The molecule has 0 fully saturated rings. The Morgan fingerprint density at radius 2 is 2.17 bits per heavy atom. The van der Waals surface area contributed by atoms with E-state index < -0.39 is 0 Å². The van der Waals surface area contributed by atoms with Crippen molar-refractivity contribution < 1.29 is 4.74 Å². The number of nitrogens with zero attached hydrogens (tertiary/aromatic N) is 3. The van der Waals surface area contributed by atoms with Gasteiger partial charge in [-0.15, -0.1) is 11.3 Å². The lowest BCUT2D eigenvalue weighted by Gasteiger charge is -2.21. The lowest BCUT2D eigenvalue weighted by molar-refractivity contribution is 0.409. The van der Waals surface area contributed by atoms with Crippen LogP contribution in [0.25, 0.3) is 0 Å². The van der Waals surface area contributed by atoms with E-state index in [1.165, 1.54) is 11.1 Å². The molecule has 6 heteroatoms. The first kappa shape index (κ1) is 18.3. The zero-order valence-electron chi connectivity index (χ0n) is 15.1. The first-order valence-corrected chi connectivity index (χ1v) is 8.87. The van der Waals surface area contributed by atoms with Crippen molar-refractivity contribution in [2.75, 3.05) is 27.7 Å². The Kier molecular flexibility index (Phi) is 6.61. The molecule has 1 aromatic carbocycles. The van der Waals surface area contributed by atoms with Crippen LogP contribution in [-0.2, 0) is 13.0 Å². The van der Waals surface area contributed by atoms with Crippen LogP contribution in [0, 0.1) is 13.8 Å². The molecule has 0 aliphatic carbocycles. The summed E-state index contributed by atoms with van der Waals surface area (Å²) < 4.78 is 5.44. The second kappa shape index (κ2) is 8.68. The molecule has 0 radical (unpaired) electrons. The Morgan fingerprint density at radius 3 is 2.79 bits per heavy atom. The third kappa shape index (κ3) is 4.96. The van der Waals surface area contributed by atoms with Crippen LogP contribution in [0.15, 0.2) is 28.6 Å². The maximum Gasteiger partial charge on any atom is 0.193 e. The van der Waals surface area contributed by atoms with Crippen LogP contribution in [0.5, 0.6) is 5.75 Å². The van der Waals surface area contributed by atoms with Gasteiger partial charge < -0.3 is 15.0 Å². The summed E-state index contributed by atoms with van der Waals surface area (Å²) in [5.74, 6) is 1.80. The van der Waals surface area contributed by atoms with Crippen LogP contribution in [0.4, 0.5) is 0 Å². The maximum atomic E-state index is 5.44. The Hall–Kier alpha value is -2.08. The van der Waals surface area contributed by atoms with E-state index in [1.54, 1.807) is 25.5 Å². The SMILES string of the molecule is CN=C(NCCc1cc(C)ccc1OC)N(C)Cc1csc(C)n1. The molecule has 0 unspecified atom stereocenters. The Labute approximate surface area is 148 Å². The third-order valence-corrected chi connectivity index (χ3v) is 4.57. The molecule has 0 atom stereocenters. The number of aromatic nitrogens is 1. The van der Waals surface area contributed by atoms with E-state index in [4.69, 9.17) is 4.74 Å². The van der Waals surface area contributed by atoms with E-state index in [1.807, 2.05) is 20.0 Å². The van der Waals surface area contributed by atoms with Gasteiger partial charge in [-0.05, 0) is 31.9 Å². The average molecular weight is 347 g/mol. The first-order chi connectivity index (χ1) is 11.5. The highest BCUT2D eigenvalue weighted by molar-refractivity contribution is 7.09. The lowest BCUT2D eigenvalue weighted by atomic mass is 10.1. The van der Waals surface area contributed by atoms with E-state index >= 15 is 0 Å². The molecule has 130 valence electrons. The van der Waals surface area contributed by atoms with Gasteiger partial charge in [0, 0.05) is 26.0 Å². The fraction of sp³-hybridized carbons (Fsp3) is 0.444. The summed E-state index contributed by atoms with van der Waals surface area (Å²) in [7, 11) is 5.54. The van der Waals surface area contributed by atoms with Gasteiger partial charge in [-0.1, -0.05) is 17.7 Å². The maximum absolute atomic E-state index is 5.44. The van der Waals surface area contributed by atoms with Crippen molar-refractivity contribution in [3.05, 3.63) is 45.4 Å². The number of ether oxygens (including phenoxy) is 1. The van der Waals surface area contributed by atoms with Crippen LogP contribution in [0.1, 0.15) is 21.8 Å². The largest absolute Gasteiger partial charge is 0.496 e. The summed E-state index contributed by atoms with van der Waals surface area (Å²) >= 11 is 1.67. The number of benzene rings is 1. The molecule has 0 amide bonds. The monoisotopic (exact) mass is 346 g/mol. The predicted octanol–water partition coefficient (Wildman–Crippen LogP) is 3.02. The molecule has 0 aliphatic rings. The summed E-state index contributed by atoms with van der Waals surface area (Å²) in [6.45, 7) is 5.67. The number of aryl methyl sites for hydroxylation is 2. The number of thiazole rings is 1. The van der Waals surface area contributed by atoms with Gasteiger partial charge in [-0.2, -0.15) is 0 Å². The van der Waals surface area contributed by atoms with Crippen molar-refractivity contribution in [2.45, 2.75) is 26.8 Å². The molecule has 0 aliphatic heterocycles. The zero-order chi connectivity index (χ0) is 17.5. The van der Waals surface area contributed by atoms with E-state index in [-0.39, 0.29) is 0 Å². The third-order valence-electron chi connectivity index (χ3n) is 3.75. The van der Waals surface area contributed by atoms with Gasteiger partial charge in [-0.3, -0.25) is 4.99 Å². The van der Waals surface area contributed by atoms with Crippen molar-refractivity contribution >= 4 is 17.3 Å². The van der Waals surface area contributed by atoms with Crippen molar-refractivity contribution in [2.24, 2.45) is 4.99 Å². The smallest absolute Gasteiger partial charge is 0.193 e. The molecular weight excluding hydrogens is 320 g/mol. The highest BCUT2D eigenvalue weighted by Gasteiger charge is 2.09. The van der Waals surface area contributed by atoms with Gasteiger partial charge >= 0.3 is 0 Å². The summed E-state index contributed by atoms with van der Waals surface area (Å²) in [4.78, 5) is 10.9. The van der Waals surface area contributed by atoms with E-state index in [0.717, 1.165) is 41.9 Å². The molecule has 2 aromatic rings. The molecule has 5 nitrogen and oxygen atoms in total. The van der Waals surface area contributed by atoms with Gasteiger partial charge in [0.1, 0.15) is 5.75 Å². The topological polar surface area (TPSA) is 49.8 Å². The lowest BCUT2D eigenvalue weighted by Crippen LogP contribution is -2.39. The molecular formula is C18H26N4OS. The number of guanidine groups is 1. The number of hydrogen-bond donors (Lipinski definition) is 1. The highest BCUT2D eigenvalue weighted by Crippen LogP contribution is 2.19. The number of methoxy groups -OCH3 is 1. The van der Waals surface area contributed by atoms with Crippen LogP contribution in [0.2, 0.25) is 0 Å². The molecule has 0 saturated carbocycles. The van der Waals surface area contributed by atoms with Crippen LogP contribution >= 0.6 is 11.3 Å². The predicted molar refractivity (Wildman–Crippen MR) is 101 cm³/mol. The van der Waals surface area contributed by atoms with E-state index in [2.05, 4.69) is 44.6 Å². The van der Waals surface area contributed by atoms with Crippen LogP contribution in [0.3, 0.4) is 0 Å². The number of rotatable bonds is 6. The minimum Gasteiger partial charge on any atom is -0.496 e. The second-order valence-corrected chi connectivity index (χ2v) is 6.82. The van der Waals surface area contributed by atoms with Gasteiger partial charge in [0.2, 0.25) is 0 Å². The van der Waals surface area contributed by atoms with Gasteiger partial charge in [0.05, 0.1) is 24.4 Å². The van der Waals surface area contributed by atoms with Crippen molar-refractivity contribution in [1.29, 1.82) is 0 Å². The van der Waals surface area contributed by atoms with Gasteiger partial charge in [0.25, 0.3) is 0 Å². The Morgan fingerprint density at radius 1 is 1.38 bits per heavy atom. The number of nitrogens with one attached hydrogen (secondary N) is 1. The van der Waals surface area contributed by atoms with Crippen molar-refractivity contribution in [1.82, 2.24) is 15.2 Å². The molecule has 0 bridgehead atoms. The standard InChI is InChI=1S/C18H26N4OS/c1-13-6-7-17(23-5)15(10-13)8-9-20-18(19-3)22(4)11-16-12-24-14(2)21-16/h6-7,10,12H,8-9,11H2,1-5H3,(H,19,20). The van der Waals surface area contributed by atoms with Crippen LogP contribution in [-0.4, -0.2) is 43.6 Å². The molecule has 0 saturated heterocycles. The summed E-state index contributed by atoms with van der Waals surface area (Å²) in [6.07, 6.45) is 0.882. The fourth-order valence-electron chi connectivity index (χ4n) is 2.60. The van der Waals surface area contributed by atoms with Gasteiger partial charge in [0.15, 0.2) is 5.96 Å². The highest BCUT2D eigenvalue weighted by atomic mass is 32.1. The van der Waals surface area contributed by atoms with E-state index in [9.17, 15) is 0 Å². The second-order valence-electron chi connectivity index (χ2n) is 5.75. The van der Waals surface area contributed by atoms with Crippen molar-refractivity contribution in [3.63, 3.8) is 0 Å². The fourth-order valence-corrected chi connectivity index (χ4v) is 3.20. The normalized spacial score (nSPS) is 11.5. The molecule has 2 rings (SSSR count). The minimum atomic E-state index is 0.748. The zero-order valence-corrected chi connectivity index (χ0v) is 15.9. The average Bonchev–Trinajstić information content (AvgIpc) is 2.96. The van der Waals surface area contributed by atoms with Crippen molar-refractivity contribution in [3.8, 4) is 5.75 Å². The summed E-state index contributed by atoms with van der Waals surface area (Å²) in [6, 6.07) is 6.26. The minimum absolute atomic E-state index is 0.748. The summed E-state index contributed by atoms with van der Waals surface area (Å²) in [5.41, 5.74) is 3.52. The molecule has 1 N–H and O–H groups in total. The van der Waals surface area contributed by atoms with Crippen LogP contribution < -0.4 is 10.1 Å². The van der Waals surface area contributed by atoms with Gasteiger partial charge in [-0.25, -0.2) is 4.98 Å². The number of aliphatic imine (C=N–C) groups is 1. The molecule has 24 heavy (non-hydrogen) atoms. The molecule has 0 spiro atoms. The molecule has 1 aromatic heterocycles. The summed E-state index contributed by atoms with van der Waals surface area (Å²) in [5, 5.41) is 6.60. The number of hydrogen-bond acceptors (Lipinski definition) is 4. The first-order valence-electron chi connectivity index (χ1n) is 7.99. The van der Waals surface area contributed by atoms with E-state index in [0.29, 0.717) is 0 Å². The molecule has 1 heterocycles. The quantitative estimate of drug-likeness (QED) is 0.645. The Bertz CT molecular complexity index is 696.